The lowest BCUT2D eigenvalue weighted by atomic mass is 10.2. The van der Waals surface area contributed by atoms with Crippen LogP contribution in [-0.2, 0) is 0 Å². The summed E-state index contributed by atoms with van der Waals surface area (Å²) in [5, 5.41) is 15.9. The number of aryl methyl sites for hydroxylation is 1. The molecule has 11 heteroatoms. The molecule has 0 fully saturated rings. The topological polar surface area (TPSA) is 81.1 Å². The summed E-state index contributed by atoms with van der Waals surface area (Å²) in [6.45, 7) is 1.89. The summed E-state index contributed by atoms with van der Waals surface area (Å²) in [6, 6.07) is 13.6. The van der Waals surface area contributed by atoms with Gasteiger partial charge in [0.15, 0.2) is 5.11 Å². The Labute approximate surface area is 209 Å². The second-order valence-electron chi connectivity index (χ2n) is 7.00. The Bertz CT molecular complexity index is 1410. The van der Waals surface area contributed by atoms with Crippen molar-refractivity contribution >= 4 is 74.8 Å². The van der Waals surface area contributed by atoms with Gasteiger partial charge in [0.1, 0.15) is 16.8 Å². The second-order valence-corrected chi connectivity index (χ2v) is 8.66. The number of ether oxygens (including phenoxy) is 1. The highest BCUT2D eigenvalue weighted by Crippen LogP contribution is 2.27. The molecule has 0 bridgehead atoms. The number of nitrogens with one attached hydrogen (secondary N) is 2. The molecule has 0 saturated carbocycles. The minimum atomic E-state index is -0.471. The van der Waals surface area contributed by atoms with Gasteiger partial charge in [-0.2, -0.15) is 4.80 Å². The fraction of sp³-hybridized carbons (Fsp3) is 0.0909. The first kappa shape index (κ1) is 23.3. The first-order chi connectivity index (χ1) is 15.7. The van der Waals surface area contributed by atoms with E-state index in [1.807, 2.05) is 13.0 Å². The van der Waals surface area contributed by atoms with Gasteiger partial charge in [0.25, 0.3) is 5.91 Å². The largest absolute Gasteiger partial charge is 0.495 e. The molecule has 0 radical (unpaired) electrons. The number of thiocarbonyl (C=S) groups is 1. The summed E-state index contributed by atoms with van der Waals surface area (Å²) >= 11 is 23.6. The van der Waals surface area contributed by atoms with E-state index in [2.05, 4.69) is 20.8 Å². The maximum atomic E-state index is 12.5. The van der Waals surface area contributed by atoms with Gasteiger partial charge in [-0.1, -0.05) is 34.8 Å². The Balaban J connectivity index is 1.55. The van der Waals surface area contributed by atoms with Crippen molar-refractivity contribution in [3.8, 4) is 11.4 Å². The molecule has 33 heavy (non-hydrogen) atoms. The van der Waals surface area contributed by atoms with Gasteiger partial charge in [0, 0.05) is 10.7 Å². The van der Waals surface area contributed by atoms with E-state index in [4.69, 9.17) is 51.8 Å². The quantitative estimate of drug-likeness (QED) is 0.330. The monoisotopic (exact) mass is 519 g/mol. The predicted octanol–water partition coefficient (Wildman–Crippen LogP) is 5.82. The molecule has 0 aliphatic carbocycles. The van der Waals surface area contributed by atoms with Crippen LogP contribution in [0.15, 0.2) is 48.5 Å². The minimum Gasteiger partial charge on any atom is -0.495 e. The summed E-state index contributed by atoms with van der Waals surface area (Å²) in [6.07, 6.45) is 0. The number of benzene rings is 3. The third kappa shape index (κ3) is 5.04. The Morgan fingerprint density at radius 1 is 1.00 bits per heavy atom. The zero-order chi connectivity index (χ0) is 23.7. The molecule has 1 amide bonds. The molecule has 0 spiro atoms. The average Bonchev–Trinajstić information content (AvgIpc) is 3.18. The van der Waals surface area contributed by atoms with Crippen LogP contribution >= 0.6 is 47.0 Å². The molecule has 168 valence electrons. The molecule has 4 rings (SSSR count). The van der Waals surface area contributed by atoms with Gasteiger partial charge >= 0.3 is 0 Å². The van der Waals surface area contributed by atoms with Gasteiger partial charge in [-0.15, -0.1) is 10.2 Å². The highest BCUT2D eigenvalue weighted by molar-refractivity contribution is 7.80. The van der Waals surface area contributed by atoms with E-state index < -0.39 is 5.91 Å². The first-order valence-corrected chi connectivity index (χ1v) is 11.1. The van der Waals surface area contributed by atoms with Crippen molar-refractivity contribution in [3.63, 3.8) is 0 Å². The van der Waals surface area contributed by atoms with Gasteiger partial charge in [-0.3, -0.25) is 10.1 Å². The number of methoxy groups -OCH3 is 1. The van der Waals surface area contributed by atoms with Crippen molar-refractivity contribution in [2.45, 2.75) is 6.92 Å². The maximum absolute atomic E-state index is 12.5. The van der Waals surface area contributed by atoms with Crippen molar-refractivity contribution in [2.24, 2.45) is 0 Å². The van der Waals surface area contributed by atoms with Crippen LogP contribution in [0.1, 0.15) is 15.9 Å². The fourth-order valence-electron chi connectivity index (χ4n) is 3.09. The first-order valence-electron chi connectivity index (χ1n) is 9.54. The number of halogens is 3. The Morgan fingerprint density at radius 3 is 2.42 bits per heavy atom. The van der Waals surface area contributed by atoms with Crippen molar-refractivity contribution in [3.05, 3.63) is 74.7 Å². The normalized spacial score (nSPS) is 10.8. The van der Waals surface area contributed by atoms with Crippen molar-refractivity contribution < 1.29 is 9.53 Å². The zero-order valence-corrected chi connectivity index (χ0v) is 20.4. The van der Waals surface area contributed by atoms with Crippen molar-refractivity contribution in [1.82, 2.24) is 20.3 Å². The van der Waals surface area contributed by atoms with Crippen LogP contribution < -0.4 is 15.4 Å². The number of rotatable bonds is 4. The fourth-order valence-corrected chi connectivity index (χ4v) is 3.92. The summed E-state index contributed by atoms with van der Waals surface area (Å²) in [5.74, 6) is 0.0927. The lowest BCUT2D eigenvalue weighted by Crippen LogP contribution is -2.34. The number of hydrogen-bond acceptors (Lipinski definition) is 5. The van der Waals surface area contributed by atoms with E-state index >= 15 is 0 Å². The number of amides is 1. The summed E-state index contributed by atoms with van der Waals surface area (Å²) in [5.41, 5.74) is 3.75. The predicted molar refractivity (Wildman–Crippen MR) is 135 cm³/mol. The van der Waals surface area contributed by atoms with Crippen LogP contribution in [0.25, 0.3) is 16.7 Å². The standard InChI is InChI=1S/C22H16Cl3N5O2S/c1-11-7-18-19(29-30(28-18)13-4-6-20(32-2)16(25)9-13)10-17(11)26-22(33)27-21(31)14-8-12(23)3-5-15(14)24/h3-10H,1-2H3,(H2,26,27,31,33). The molecule has 4 aromatic rings. The third-order valence-electron chi connectivity index (χ3n) is 4.74. The Hall–Kier alpha value is -2.91. The van der Waals surface area contributed by atoms with Crippen LogP contribution in [0, 0.1) is 6.92 Å². The van der Waals surface area contributed by atoms with E-state index in [0.717, 1.165) is 5.56 Å². The average molecular weight is 521 g/mol. The number of anilines is 1. The maximum Gasteiger partial charge on any atom is 0.258 e. The number of nitrogens with zero attached hydrogens (tertiary/aromatic N) is 3. The summed E-state index contributed by atoms with van der Waals surface area (Å²) in [4.78, 5) is 14.0. The zero-order valence-electron chi connectivity index (χ0n) is 17.3. The van der Waals surface area contributed by atoms with Gasteiger partial charge < -0.3 is 10.1 Å². The van der Waals surface area contributed by atoms with Crippen LogP contribution in [0.2, 0.25) is 15.1 Å². The SMILES string of the molecule is COc1ccc(-n2nc3cc(C)c(NC(=S)NC(=O)c4cc(Cl)ccc4Cl)cc3n2)cc1Cl. The van der Waals surface area contributed by atoms with E-state index in [-0.39, 0.29) is 15.7 Å². The molecule has 0 unspecified atom stereocenters. The molecule has 3 aromatic carbocycles. The van der Waals surface area contributed by atoms with Crippen molar-refractivity contribution in [2.75, 3.05) is 12.4 Å². The second kappa shape index (κ2) is 9.52. The minimum absolute atomic E-state index is 0.104. The number of aromatic nitrogens is 3. The molecule has 0 aliphatic rings. The van der Waals surface area contributed by atoms with Crippen molar-refractivity contribution in [1.29, 1.82) is 0 Å². The van der Waals surface area contributed by atoms with Crippen LogP contribution in [-0.4, -0.2) is 33.1 Å². The molecule has 0 aliphatic heterocycles. The lowest BCUT2D eigenvalue weighted by molar-refractivity contribution is 0.0978. The highest BCUT2D eigenvalue weighted by Gasteiger charge is 2.15. The van der Waals surface area contributed by atoms with Gasteiger partial charge in [-0.25, -0.2) is 0 Å². The molecule has 7 nitrogen and oxygen atoms in total. The van der Waals surface area contributed by atoms with E-state index in [0.29, 0.717) is 38.2 Å². The van der Waals surface area contributed by atoms with E-state index in [1.54, 1.807) is 43.5 Å². The summed E-state index contributed by atoms with van der Waals surface area (Å²) < 4.78 is 5.18. The van der Waals surface area contributed by atoms with Gasteiger partial charge in [0.05, 0.1) is 28.4 Å². The van der Waals surface area contributed by atoms with Crippen LogP contribution in [0.4, 0.5) is 5.69 Å². The van der Waals surface area contributed by atoms with Crippen LogP contribution in [0.5, 0.6) is 5.75 Å². The number of carbonyl (C=O) groups excluding carboxylic acids is 1. The molecular formula is C22H16Cl3N5O2S. The van der Waals surface area contributed by atoms with Gasteiger partial charge in [0.2, 0.25) is 0 Å². The molecule has 0 atom stereocenters. The number of hydrogen-bond donors (Lipinski definition) is 2. The Morgan fingerprint density at radius 2 is 1.73 bits per heavy atom. The number of fused-ring (bicyclic) bond motifs is 1. The molecule has 1 heterocycles. The lowest BCUT2D eigenvalue weighted by Gasteiger charge is -2.12. The smallest absolute Gasteiger partial charge is 0.258 e. The van der Waals surface area contributed by atoms with Gasteiger partial charge in [-0.05, 0) is 73.2 Å². The molecule has 0 saturated heterocycles. The highest BCUT2D eigenvalue weighted by atomic mass is 35.5. The number of carbonyl (C=O) groups is 1. The van der Waals surface area contributed by atoms with Crippen LogP contribution in [0.3, 0.4) is 0 Å². The molecule has 2 N–H and O–H groups in total. The summed E-state index contributed by atoms with van der Waals surface area (Å²) in [7, 11) is 1.55. The Kier molecular flexibility index (Phi) is 6.71. The van der Waals surface area contributed by atoms with E-state index in [9.17, 15) is 4.79 Å². The molecule has 1 aromatic heterocycles. The third-order valence-corrected chi connectivity index (χ3v) is 5.81. The molecular weight excluding hydrogens is 505 g/mol. The van der Waals surface area contributed by atoms with E-state index in [1.165, 1.54) is 10.9 Å².